The van der Waals surface area contributed by atoms with E-state index in [0.717, 1.165) is 66.8 Å². The van der Waals surface area contributed by atoms with Crippen LogP contribution in [-0.2, 0) is 0 Å². The van der Waals surface area contributed by atoms with Gasteiger partial charge in [-0.3, -0.25) is 10.8 Å². The van der Waals surface area contributed by atoms with Crippen LogP contribution in [0.3, 0.4) is 0 Å². The van der Waals surface area contributed by atoms with Crippen LogP contribution >= 0.6 is 0 Å². The van der Waals surface area contributed by atoms with Gasteiger partial charge < -0.3 is 0 Å². The van der Waals surface area contributed by atoms with Crippen molar-refractivity contribution in [1.29, 1.82) is 10.8 Å². The van der Waals surface area contributed by atoms with Crippen LogP contribution in [0.1, 0.15) is 11.1 Å². The summed E-state index contributed by atoms with van der Waals surface area (Å²) in [6, 6.07) is 54.3. The third kappa shape index (κ3) is 5.04. The third-order valence-corrected chi connectivity index (χ3v) is 8.16. The number of benzene rings is 6. The van der Waals surface area contributed by atoms with Gasteiger partial charge in [0, 0.05) is 5.57 Å². The highest BCUT2D eigenvalue weighted by Gasteiger charge is 2.26. The number of nitrogens with one attached hydrogen (secondary N) is 2. The largest absolute Gasteiger partial charge is 0.299 e. The Morgan fingerprint density at radius 3 is 1.02 bits per heavy atom. The van der Waals surface area contributed by atoms with E-state index in [9.17, 15) is 5.41 Å². The minimum absolute atomic E-state index is 0.196. The maximum Gasteiger partial charge on any atom is 0.0868 e. The molecule has 6 aromatic rings. The lowest BCUT2D eigenvalue weighted by atomic mass is 9.79. The van der Waals surface area contributed by atoms with E-state index in [2.05, 4.69) is 115 Å². The Morgan fingerprint density at radius 1 is 0.318 bits per heavy atom. The van der Waals surface area contributed by atoms with Crippen molar-refractivity contribution in [2.75, 3.05) is 0 Å². The van der Waals surface area contributed by atoms with Crippen LogP contribution in [0.2, 0.25) is 0 Å². The van der Waals surface area contributed by atoms with Crippen molar-refractivity contribution < 1.29 is 0 Å². The van der Waals surface area contributed by atoms with Crippen LogP contribution in [0, 0.1) is 10.8 Å². The quantitative estimate of drug-likeness (QED) is 0.190. The smallest absolute Gasteiger partial charge is 0.0868 e. The van der Waals surface area contributed by atoms with E-state index < -0.39 is 0 Å². The first-order valence-corrected chi connectivity index (χ1v) is 14.8. The second-order valence-electron chi connectivity index (χ2n) is 10.9. The summed E-state index contributed by atoms with van der Waals surface area (Å²) in [4.78, 5) is 0. The van der Waals surface area contributed by atoms with Crippen molar-refractivity contribution in [1.82, 2.24) is 0 Å². The van der Waals surface area contributed by atoms with E-state index >= 15 is 0 Å². The Kier molecular flexibility index (Phi) is 7.24. The van der Waals surface area contributed by atoms with Crippen molar-refractivity contribution in [3.63, 3.8) is 0 Å². The molecule has 0 aliphatic heterocycles. The van der Waals surface area contributed by atoms with E-state index in [1.165, 1.54) is 0 Å². The fraction of sp³-hybridized carbons (Fsp3) is 0. The summed E-state index contributed by atoms with van der Waals surface area (Å²) < 4.78 is 0. The normalized spacial score (nSPS) is 12.9. The first-order chi connectivity index (χ1) is 21.7. The van der Waals surface area contributed by atoms with Gasteiger partial charge in [0.1, 0.15) is 0 Å². The molecule has 2 heteroatoms. The molecule has 2 nitrogen and oxygen atoms in total. The zero-order chi connectivity index (χ0) is 29.9. The molecule has 0 spiro atoms. The fourth-order valence-electron chi connectivity index (χ4n) is 6.12. The molecule has 2 N–H and O–H groups in total. The van der Waals surface area contributed by atoms with E-state index in [1.54, 1.807) is 0 Å². The molecule has 208 valence electrons. The zero-order valence-corrected chi connectivity index (χ0v) is 24.2. The van der Waals surface area contributed by atoms with Gasteiger partial charge in [-0.05, 0) is 73.4 Å². The summed E-state index contributed by atoms with van der Waals surface area (Å²) in [5, 5.41) is 18.4. The molecule has 0 atom stereocenters. The van der Waals surface area contributed by atoms with E-state index in [0.29, 0.717) is 0 Å². The third-order valence-electron chi connectivity index (χ3n) is 8.16. The van der Waals surface area contributed by atoms with Crippen LogP contribution in [0.25, 0.3) is 55.7 Å². The average Bonchev–Trinajstić information content (AvgIpc) is 3.10. The number of hydrogen-bond donors (Lipinski definition) is 2. The highest BCUT2D eigenvalue weighted by molar-refractivity contribution is 6.62. The van der Waals surface area contributed by atoms with Crippen LogP contribution in [0.5, 0.6) is 0 Å². The Balaban J connectivity index is 1.52. The van der Waals surface area contributed by atoms with Gasteiger partial charge in [-0.25, -0.2) is 0 Å². The number of allylic oxidation sites excluding steroid dienone is 4. The highest BCUT2D eigenvalue weighted by Crippen LogP contribution is 2.43. The van der Waals surface area contributed by atoms with E-state index in [-0.39, 0.29) is 11.4 Å². The van der Waals surface area contributed by atoms with Crippen molar-refractivity contribution in [3.8, 4) is 44.5 Å². The first-order valence-electron chi connectivity index (χ1n) is 14.8. The molecule has 44 heavy (non-hydrogen) atoms. The van der Waals surface area contributed by atoms with Gasteiger partial charge in [0.05, 0.1) is 11.4 Å². The minimum Gasteiger partial charge on any atom is -0.299 e. The molecule has 0 saturated carbocycles. The molecule has 0 fully saturated rings. The van der Waals surface area contributed by atoms with Crippen molar-refractivity contribution >= 4 is 22.6 Å². The van der Waals surface area contributed by atoms with Crippen LogP contribution in [0.15, 0.2) is 170 Å². The SMILES string of the molecule is N=C1C=C(c2c(-c3ccccc3)cccc2-c2ccccc2)C=C(c2c(-c3ccccc3)cccc2-c2ccccc2)C1=N. The Labute approximate surface area is 258 Å². The van der Waals surface area contributed by atoms with Gasteiger partial charge in [-0.2, -0.15) is 0 Å². The first kappa shape index (κ1) is 27.0. The maximum atomic E-state index is 9.26. The number of rotatable bonds is 6. The molecule has 7 rings (SSSR count). The highest BCUT2D eigenvalue weighted by atomic mass is 14.5. The van der Waals surface area contributed by atoms with Gasteiger partial charge in [0.25, 0.3) is 0 Å². The number of hydrogen-bond acceptors (Lipinski definition) is 2. The summed E-state index contributed by atoms with van der Waals surface area (Å²) in [6.45, 7) is 0. The fourth-order valence-corrected chi connectivity index (χ4v) is 6.12. The summed E-state index contributed by atoms with van der Waals surface area (Å²) in [7, 11) is 0. The van der Waals surface area contributed by atoms with Gasteiger partial charge in [0.2, 0.25) is 0 Å². The minimum atomic E-state index is 0.196. The lowest BCUT2D eigenvalue weighted by Crippen LogP contribution is -2.17. The van der Waals surface area contributed by atoms with E-state index in [4.69, 9.17) is 5.41 Å². The maximum absolute atomic E-state index is 9.26. The lowest BCUT2D eigenvalue weighted by molar-refractivity contribution is 1.47. The average molecular weight is 563 g/mol. The second kappa shape index (κ2) is 11.8. The van der Waals surface area contributed by atoms with Gasteiger partial charge >= 0.3 is 0 Å². The molecular weight excluding hydrogens is 532 g/mol. The van der Waals surface area contributed by atoms with Crippen LogP contribution in [-0.4, -0.2) is 11.4 Å². The molecule has 0 aromatic heterocycles. The summed E-state index contributed by atoms with van der Waals surface area (Å²) in [5.74, 6) is 0. The summed E-state index contributed by atoms with van der Waals surface area (Å²) >= 11 is 0. The Morgan fingerprint density at radius 2 is 0.659 bits per heavy atom. The predicted octanol–water partition coefficient (Wildman–Crippen LogP) is 10.9. The molecule has 0 saturated heterocycles. The zero-order valence-electron chi connectivity index (χ0n) is 24.2. The molecular formula is C42H30N2. The van der Waals surface area contributed by atoms with Crippen molar-refractivity contribution in [3.05, 3.63) is 181 Å². The van der Waals surface area contributed by atoms with Crippen LogP contribution < -0.4 is 0 Å². The molecule has 0 radical (unpaired) electrons. The summed E-state index contributed by atoms with van der Waals surface area (Å²) in [5.41, 5.74) is 12.7. The van der Waals surface area contributed by atoms with Gasteiger partial charge in [-0.15, -0.1) is 0 Å². The second-order valence-corrected chi connectivity index (χ2v) is 10.9. The Hall–Kier alpha value is -5.86. The monoisotopic (exact) mass is 562 g/mol. The predicted molar refractivity (Wildman–Crippen MR) is 186 cm³/mol. The van der Waals surface area contributed by atoms with Crippen molar-refractivity contribution in [2.45, 2.75) is 0 Å². The van der Waals surface area contributed by atoms with Gasteiger partial charge in [0.15, 0.2) is 0 Å². The summed E-state index contributed by atoms with van der Waals surface area (Å²) in [6.07, 6.45) is 3.98. The molecule has 0 heterocycles. The molecule has 0 unspecified atom stereocenters. The molecule has 1 aliphatic rings. The molecule has 0 amide bonds. The molecule has 0 bridgehead atoms. The molecule has 6 aromatic carbocycles. The van der Waals surface area contributed by atoms with Crippen molar-refractivity contribution in [2.24, 2.45) is 0 Å². The standard InChI is InChI=1S/C42H30N2/c43-39-28-33(40-34(29-15-5-1-6-16-29)23-13-24-35(40)30-17-7-2-8-18-30)27-38(42(39)44)41-36(31-19-9-3-10-20-31)25-14-26-37(41)32-21-11-4-12-22-32/h1-28,43-44H. The van der Waals surface area contributed by atoms with Gasteiger partial charge in [-0.1, -0.05) is 158 Å². The van der Waals surface area contributed by atoms with Crippen LogP contribution in [0.4, 0.5) is 0 Å². The Bertz CT molecular complexity index is 1940. The topological polar surface area (TPSA) is 47.7 Å². The molecule has 1 aliphatic carbocycles. The van der Waals surface area contributed by atoms with E-state index in [1.807, 2.05) is 54.6 Å². The lowest BCUT2D eigenvalue weighted by Gasteiger charge is -2.24.